The first-order valence-electron chi connectivity index (χ1n) is 12.6. The van der Waals surface area contributed by atoms with Crippen LogP contribution in [-0.2, 0) is 19.1 Å². The lowest BCUT2D eigenvalue weighted by Crippen LogP contribution is -2.43. The van der Waals surface area contributed by atoms with Crippen LogP contribution in [0.25, 0.3) is 6.08 Å². The number of cyclic esters (lactones) is 1. The van der Waals surface area contributed by atoms with Crippen molar-refractivity contribution in [3.63, 3.8) is 0 Å². The summed E-state index contributed by atoms with van der Waals surface area (Å²) in [6.45, 7) is 13.5. The van der Waals surface area contributed by atoms with Gasteiger partial charge < -0.3 is 14.6 Å². The number of aliphatic hydroxyl groups excluding tert-OH is 1. The molecule has 35 heavy (non-hydrogen) atoms. The minimum atomic E-state index is -1.14. The monoisotopic (exact) mass is 505 g/mol. The molecule has 1 aliphatic rings. The van der Waals surface area contributed by atoms with Crippen molar-refractivity contribution in [3.8, 4) is 0 Å². The van der Waals surface area contributed by atoms with Crippen molar-refractivity contribution < 1.29 is 24.2 Å². The number of allylic oxidation sites excluding steroid dienone is 1. The Morgan fingerprint density at radius 3 is 2.57 bits per heavy atom. The fourth-order valence-electron chi connectivity index (χ4n) is 4.77. The summed E-state index contributed by atoms with van der Waals surface area (Å²) in [6.07, 6.45) is 6.97. The van der Waals surface area contributed by atoms with E-state index in [4.69, 9.17) is 9.47 Å². The van der Waals surface area contributed by atoms with Gasteiger partial charge in [0.25, 0.3) is 0 Å². The number of esters is 1. The number of carbonyl (C=O) groups is 2. The van der Waals surface area contributed by atoms with Crippen molar-refractivity contribution in [3.05, 3.63) is 33.3 Å². The van der Waals surface area contributed by atoms with Crippen LogP contribution in [0.5, 0.6) is 0 Å². The number of hydrogen-bond donors (Lipinski definition) is 1. The summed E-state index contributed by atoms with van der Waals surface area (Å²) < 4.78 is 11.7. The fraction of sp³-hybridized carbons (Fsp3) is 0.679. The predicted octanol–water partition coefficient (Wildman–Crippen LogP) is 5.92. The standard InChI is InChI=1S/C28H43NO5S/c1-17-10-9-11-18(2)13-23(33-8)26(19(3)14-22-16-29-21(5)35-22)34-25(31)15-24(30)28(6,7)27(32)20(4)12-17/h13-14,16-17,20,23-24,26,30H,9-12,15H2,1-8H3/b18-13-,19-14+/t17?,20-,23?,24+,26+/m1/s1. The van der Waals surface area contributed by atoms with Crippen LogP contribution in [0.3, 0.4) is 0 Å². The molecule has 6 nitrogen and oxygen atoms in total. The SMILES string of the molecule is COC1/C=C(/C)CCCC(C)C[C@@H](C)C(=O)C(C)(C)[C@@H](O)CC(=O)O[C@H]1/C(C)=C/c1cnc(C)s1. The molecule has 0 saturated carbocycles. The van der Waals surface area contributed by atoms with Crippen molar-refractivity contribution in [1.82, 2.24) is 4.98 Å². The van der Waals surface area contributed by atoms with Crippen molar-refractivity contribution in [2.45, 2.75) is 98.9 Å². The summed E-state index contributed by atoms with van der Waals surface area (Å²) in [7, 11) is 1.61. The van der Waals surface area contributed by atoms with E-state index < -0.39 is 29.7 Å². The average Bonchev–Trinajstić information content (AvgIpc) is 3.18. The second kappa shape index (κ2) is 12.9. The maximum atomic E-state index is 13.2. The third-order valence-electron chi connectivity index (χ3n) is 7.04. The highest BCUT2D eigenvalue weighted by molar-refractivity contribution is 7.12. The third kappa shape index (κ3) is 8.36. The Bertz CT molecular complexity index is 932. The van der Waals surface area contributed by atoms with Crippen LogP contribution in [0.4, 0.5) is 0 Å². The molecule has 0 radical (unpaired) electrons. The number of aliphatic hydroxyl groups is 1. The molecule has 2 heterocycles. The second-order valence-electron chi connectivity index (χ2n) is 10.7. The molecule has 2 unspecified atom stereocenters. The molecule has 1 aliphatic heterocycles. The van der Waals surface area contributed by atoms with E-state index in [0.29, 0.717) is 5.92 Å². The molecule has 0 aliphatic carbocycles. The van der Waals surface area contributed by atoms with Crippen molar-refractivity contribution in [1.29, 1.82) is 0 Å². The molecule has 0 bridgehead atoms. The number of aromatic nitrogens is 1. The summed E-state index contributed by atoms with van der Waals surface area (Å²) in [5.74, 6) is -0.367. The lowest BCUT2D eigenvalue weighted by Gasteiger charge is -2.33. The van der Waals surface area contributed by atoms with Gasteiger partial charge >= 0.3 is 5.97 Å². The number of ketones is 1. The normalized spacial score (nSPS) is 31.5. The molecule has 0 spiro atoms. The van der Waals surface area contributed by atoms with E-state index in [9.17, 15) is 14.7 Å². The molecule has 5 atom stereocenters. The molecule has 196 valence electrons. The molecule has 0 amide bonds. The quantitative estimate of drug-likeness (QED) is 0.405. The third-order valence-corrected chi connectivity index (χ3v) is 7.90. The minimum Gasteiger partial charge on any atom is -0.455 e. The Labute approximate surface area is 214 Å². The van der Waals surface area contributed by atoms with Crippen LogP contribution >= 0.6 is 11.3 Å². The molecule has 0 fully saturated rings. The highest BCUT2D eigenvalue weighted by Crippen LogP contribution is 2.32. The van der Waals surface area contributed by atoms with Gasteiger partial charge in [-0.05, 0) is 57.6 Å². The number of aryl methyl sites for hydroxylation is 1. The first-order valence-corrected chi connectivity index (χ1v) is 13.4. The molecule has 7 heteroatoms. The number of nitrogens with zero attached hydrogens (tertiary/aromatic N) is 1. The lowest BCUT2D eigenvalue weighted by molar-refractivity contribution is -0.157. The number of rotatable bonds is 3. The van der Waals surface area contributed by atoms with Gasteiger partial charge in [-0.2, -0.15) is 0 Å². The highest BCUT2D eigenvalue weighted by atomic mass is 32.1. The number of thiazole rings is 1. The summed E-state index contributed by atoms with van der Waals surface area (Å²) >= 11 is 1.56. The molecule has 0 aromatic carbocycles. The number of hydrogen-bond acceptors (Lipinski definition) is 7. The maximum Gasteiger partial charge on any atom is 0.309 e. The summed E-state index contributed by atoms with van der Waals surface area (Å²) in [4.78, 5) is 31.5. The van der Waals surface area contributed by atoms with Gasteiger partial charge in [0.2, 0.25) is 0 Å². The van der Waals surface area contributed by atoms with Crippen LogP contribution < -0.4 is 0 Å². The largest absolute Gasteiger partial charge is 0.455 e. The van der Waals surface area contributed by atoms with Crippen LogP contribution in [0, 0.1) is 24.2 Å². The van der Waals surface area contributed by atoms with Crippen molar-refractivity contribution in [2.24, 2.45) is 17.3 Å². The van der Waals surface area contributed by atoms with E-state index in [1.54, 1.807) is 38.5 Å². The highest BCUT2D eigenvalue weighted by Gasteiger charge is 2.40. The zero-order chi connectivity index (χ0) is 26.3. The molecule has 1 aromatic rings. The van der Waals surface area contributed by atoms with Gasteiger partial charge in [0.05, 0.1) is 22.9 Å². The minimum absolute atomic E-state index is 0.0178. The Morgan fingerprint density at radius 1 is 1.29 bits per heavy atom. The van der Waals surface area contributed by atoms with Crippen LogP contribution in [0.1, 0.15) is 83.5 Å². The van der Waals surface area contributed by atoms with Crippen LogP contribution in [0.15, 0.2) is 23.4 Å². The first-order chi connectivity index (χ1) is 16.3. The van der Waals surface area contributed by atoms with E-state index in [2.05, 4.69) is 18.8 Å². The molecule has 0 saturated heterocycles. The van der Waals surface area contributed by atoms with E-state index in [1.807, 2.05) is 32.9 Å². The second-order valence-corrected chi connectivity index (χ2v) is 12.0. The molecule has 1 N–H and O–H groups in total. The average molecular weight is 506 g/mol. The summed E-state index contributed by atoms with van der Waals surface area (Å²) in [5, 5.41) is 11.9. The zero-order valence-corrected chi connectivity index (χ0v) is 23.4. The van der Waals surface area contributed by atoms with E-state index in [0.717, 1.165) is 41.1 Å². The Balaban J connectivity index is 2.42. The Morgan fingerprint density at radius 2 is 1.97 bits per heavy atom. The van der Waals surface area contributed by atoms with Gasteiger partial charge in [-0.15, -0.1) is 11.3 Å². The van der Waals surface area contributed by atoms with E-state index in [-0.39, 0.29) is 18.1 Å². The van der Waals surface area contributed by atoms with Crippen molar-refractivity contribution >= 4 is 29.2 Å². The predicted molar refractivity (Wildman–Crippen MR) is 141 cm³/mol. The number of carbonyl (C=O) groups excluding carboxylic acids is 2. The van der Waals surface area contributed by atoms with E-state index >= 15 is 0 Å². The Kier molecular flexibility index (Phi) is 10.9. The number of Topliss-reactive ketones (excluding diaryl/α,β-unsaturated/α-hetero) is 1. The fourth-order valence-corrected chi connectivity index (χ4v) is 5.57. The van der Waals surface area contributed by atoms with Gasteiger partial charge in [-0.3, -0.25) is 9.59 Å². The van der Waals surface area contributed by atoms with Gasteiger partial charge in [-0.1, -0.05) is 45.8 Å². The maximum absolute atomic E-state index is 13.2. The number of ether oxygens (including phenoxy) is 2. The van der Waals surface area contributed by atoms with E-state index in [1.165, 1.54) is 5.57 Å². The Hall–Kier alpha value is -1.83. The molecular weight excluding hydrogens is 462 g/mol. The van der Waals surface area contributed by atoms with Gasteiger partial charge in [0.1, 0.15) is 11.9 Å². The van der Waals surface area contributed by atoms with Gasteiger partial charge in [0, 0.05) is 24.1 Å². The topological polar surface area (TPSA) is 85.7 Å². The zero-order valence-electron chi connectivity index (χ0n) is 22.6. The smallest absolute Gasteiger partial charge is 0.309 e. The van der Waals surface area contributed by atoms with Crippen LogP contribution in [-0.4, -0.2) is 47.3 Å². The summed E-state index contributed by atoms with van der Waals surface area (Å²) in [6, 6.07) is 0. The lowest BCUT2D eigenvalue weighted by atomic mass is 9.74. The molecule has 1 aromatic heterocycles. The first kappa shape index (κ1) is 29.4. The van der Waals surface area contributed by atoms with Gasteiger partial charge in [-0.25, -0.2) is 4.98 Å². The van der Waals surface area contributed by atoms with Crippen LogP contribution in [0.2, 0.25) is 0 Å². The summed E-state index contributed by atoms with van der Waals surface area (Å²) in [5.41, 5.74) is 0.947. The number of methoxy groups -OCH3 is 1. The van der Waals surface area contributed by atoms with Gasteiger partial charge in [0.15, 0.2) is 6.10 Å². The molecular formula is C28H43NO5S. The van der Waals surface area contributed by atoms with Crippen molar-refractivity contribution in [2.75, 3.05) is 7.11 Å². The molecule has 2 rings (SSSR count).